The summed E-state index contributed by atoms with van der Waals surface area (Å²) in [6, 6.07) is 9.78. The topological polar surface area (TPSA) is 95.6 Å². The van der Waals surface area contributed by atoms with Crippen LogP contribution in [0.1, 0.15) is 31.1 Å². The Labute approximate surface area is 168 Å². The molecule has 2 aromatic carbocycles. The second-order valence-electron chi connectivity index (χ2n) is 6.00. The molecule has 0 saturated carbocycles. The summed E-state index contributed by atoms with van der Waals surface area (Å²) in [6.07, 6.45) is 0. The van der Waals surface area contributed by atoms with Crippen LogP contribution in [0.25, 0.3) is 0 Å². The third-order valence-electron chi connectivity index (χ3n) is 4.07. The summed E-state index contributed by atoms with van der Waals surface area (Å²) in [5, 5.41) is 5.11. The molecule has 1 aliphatic heterocycles. The number of hydrogen-bond donors (Lipinski definition) is 2. The summed E-state index contributed by atoms with van der Waals surface area (Å²) < 4.78 is 13.5. The molecule has 1 heterocycles. The average molecular weight is 448 g/mol. The van der Waals surface area contributed by atoms with Gasteiger partial charge in [0.15, 0.2) is 0 Å². The summed E-state index contributed by atoms with van der Waals surface area (Å²) >= 11 is 3.24. The number of carbonyl (C=O) groups is 4. The molecule has 28 heavy (non-hydrogen) atoms. The first kappa shape index (κ1) is 19.7. The van der Waals surface area contributed by atoms with Gasteiger partial charge in [0.1, 0.15) is 12.4 Å². The molecule has 0 spiro atoms. The van der Waals surface area contributed by atoms with E-state index in [2.05, 4.69) is 26.6 Å². The number of nitrogens with one attached hydrogen (secondary N) is 2. The van der Waals surface area contributed by atoms with Gasteiger partial charge in [-0.25, -0.2) is 4.39 Å². The molecule has 0 radical (unpaired) electrons. The summed E-state index contributed by atoms with van der Waals surface area (Å²) in [5.74, 6) is -2.41. The van der Waals surface area contributed by atoms with Crippen LogP contribution in [0.3, 0.4) is 0 Å². The van der Waals surface area contributed by atoms with E-state index < -0.39 is 36.0 Å². The fourth-order valence-electron chi connectivity index (χ4n) is 2.69. The molecule has 0 aliphatic carbocycles. The van der Waals surface area contributed by atoms with E-state index in [1.807, 2.05) is 0 Å². The number of rotatable bonds is 6. The SMILES string of the molecule is O=C(CN1C(=O)c2ccc(Br)cc2C1=O)NCCNC(=O)c1ccc(F)cc1. The molecule has 144 valence electrons. The summed E-state index contributed by atoms with van der Waals surface area (Å²) in [4.78, 5) is 49.4. The molecule has 9 heteroatoms. The Morgan fingerprint density at radius 3 is 2.29 bits per heavy atom. The van der Waals surface area contributed by atoms with Gasteiger partial charge in [0.05, 0.1) is 11.1 Å². The summed E-state index contributed by atoms with van der Waals surface area (Å²) in [6.45, 7) is -0.159. The first-order valence-electron chi connectivity index (χ1n) is 8.33. The van der Waals surface area contributed by atoms with Gasteiger partial charge in [0.25, 0.3) is 17.7 Å². The van der Waals surface area contributed by atoms with E-state index in [1.54, 1.807) is 12.1 Å². The van der Waals surface area contributed by atoms with Gasteiger partial charge in [-0.05, 0) is 42.5 Å². The van der Waals surface area contributed by atoms with Gasteiger partial charge in [-0.2, -0.15) is 0 Å². The fraction of sp³-hybridized carbons (Fsp3) is 0.158. The van der Waals surface area contributed by atoms with Crippen molar-refractivity contribution in [2.45, 2.75) is 0 Å². The Kier molecular flexibility index (Phi) is 5.84. The van der Waals surface area contributed by atoms with E-state index >= 15 is 0 Å². The Morgan fingerprint density at radius 2 is 1.57 bits per heavy atom. The van der Waals surface area contributed by atoms with Crippen LogP contribution in [0.2, 0.25) is 0 Å². The summed E-state index contributed by atoms with van der Waals surface area (Å²) in [5.41, 5.74) is 0.802. The van der Waals surface area contributed by atoms with E-state index in [0.717, 1.165) is 4.90 Å². The van der Waals surface area contributed by atoms with E-state index in [1.165, 1.54) is 30.3 Å². The van der Waals surface area contributed by atoms with E-state index in [4.69, 9.17) is 0 Å². The molecular weight excluding hydrogens is 433 g/mol. The number of halogens is 2. The predicted octanol–water partition coefficient (Wildman–Crippen LogP) is 1.73. The second kappa shape index (κ2) is 8.30. The van der Waals surface area contributed by atoms with Crippen molar-refractivity contribution in [2.24, 2.45) is 0 Å². The first-order chi connectivity index (χ1) is 13.4. The van der Waals surface area contributed by atoms with Crippen molar-refractivity contribution < 1.29 is 23.6 Å². The molecule has 3 rings (SSSR count). The van der Waals surface area contributed by atoms with Crippen LogP contribution < -0.4 is 10.6 Å². The van der Waals surface area contributed by atoms with Crippen molar-refractivity contribution in [3.63, 3.8) is 0 Å². The number of carbonyl (C=O) groups excluding carboxylic acids is 4. The average Bonchev–Trinajstić information content (AvgIpc) is 2.90. The molecule has 0 unspecified atom stereocenters. The number of imide groups is 1. The molecule has 4 amide bonds. The van der Waals surface area contributed by atoms with Crippen LogP contribution in [-0.2, 0) is 4.79 Å². The zero-order valence-electron chi connectivity index (χ0n) is 14.5. The monoisotopic (exact) mass is 447 g/mol. The highest BCUT2D eigenvalue weighted by Crippen LogP contribution is 2.25. The van der Waals surface area contributed by atoms with Gasteiger partial charge >= 0.3 is 0 Å². The molecule has 7 nitrogen and oxygen atoms in total. The van der Waals surface area contributed by atoms with Crippen molar-refractivity contribution in [3.05, 3.63) is 69.4 Å². The molecular formula is C19H15BrFN3O4. The van der Waals surface area contributed by atoms with Crippen LogP contribution >= 0.6 is 15.9 Å². The van der Waals surface area contributed by atoms with Crippen molar-refractivity contribution in [3.8, 4) is 0 Å². The van der Waals surface area contributed by atoms with Crippen molar-refractivity contribution in [1.29, 1.82) is 0 Å². The van der Waals surface area contributed by atoms with Gasteiger partial charge in [0, 0.05) is 23.1 Å². The quantitative estimate of drug-likeness (QED) is 0.520. The molecule has 2 N–H and O–H groups in total. The van der Waals surface area contributed by atoms with Crippen LogP contribution in [0, 0.1) is 5.82 Å². The number of hydrogen-bond acceptors (Lipinski definition) is 4. The van der Waals surface area contributed by atoms with Crippen LogP contribution in [-0.4, -0.2) is 48.2 Å². The highest BCUT2D eigenvalue weighted by molar-refractivity contribution is 9.10. The Morgan fingerprint density at radius 1 is 0.929 bits per heavy atom. The van der Waals surface area contributed by atoms with E-state index in [-0.39, 0.29) is 24.2 Å². The molecule has 0 bridgehead atoms. The highest BCUT2D eigenvalue weighted by atomic mass is 79.9. The minimum atomic E-state index is -0.527. The zero-order chi connectivity index (χ0) is 20.3. The lowest BCUT2D eigenvalue weighted by molar-refractivity contribution is -0.121. The lowest BCUT2D eigenvalue weighted by Crippen LogP contribution is -2.42. The van der Waals surface area contributed by atoms with Crippen LogP contribution in [0.4, 0.5) is 4.39 Å². The normalized spacial score (nSPS) is 12.7. The van der Waals surface area contributed by atoms with Crippen LogP contribution in [0.5, 0.6) is 0 Å². The maximum absolute atomic E-state index is 12.8. The van der Waals surface area contributed by atoms with Crippen LogP contribution in [0.15, 0.2) is 46.9 Å². The van der Waals surface area contributed by atoms with E-state index in [0.29, 0.717) is 10.0 Å². The number of benzene rings is 2. The Balaban J connectivity index is 1.46. The maximum Gasteiger partial charge on any atom is 0.262 e. The Hall–Kier alpha value is -3.07. The minimum Gasteiger partial charge on any atom is -0.353 e. The molecule has 0 fully saturated rings. The van der Waals surface area contributed by atoms with Crippen molar-refractivity contribution in [1.82, 2.24) is 15.5 Å². The first-order valence-corrected chi connectivity index (χ1v) is 9.12. The second-order valence-corrected chi connectivity index (χ2v) is 6.91. The van der Waals surface area contributed by atoms with Gasteiger partial charge in [-0.3, -0.25) is 24.1 Å². The fourth-order valence-corrected chi connectivity index (χ4v) is 3.05. The number of fused-ring (bicyclic) bond motifs is 1. The van der Waals surface area contributed by atoms with Crippen molar-refractivity contribution in [2.75, 3.05) is 19.6 Å². The molecule has 0 atom stereocenters. The zero-order valence-corrected chi connectivity index (χ0v) is 16.1. The number of amides is 4. The number of nitrogens with zero attached hydrogens (tertiary/aromatic N) is 1. The van der Waals surface area contributed by atoms with Gasteiger partial charge < -0.3 is 10.6 Å². The van der Waals surface area contributed by atoms with Gasteiger partial charge in [-0.1, -0.05) is 15.9 Å². The third kappa shape index (κ3) is 4.25. The lowest BCUT2D eigenvalue weighted by atomic mass is 10.1. The lowest BCUT2D eigenvalue weighted by Gasteiger charge is -2.13. The molecule has 2 aromatic rings. The standard InChI is InChI=1S/C19H15BrFN3O4/c20-12-3-6-14-15(9-12)19(28)24(18(14)27)10-16(25)22-7-8-23-17(26)11-1-4-13(21)5-2-11/h1-6,9H,7-8,10H2,(H,22,25)(H,23,26). The molecule has 0 aromatic heterocycles. The minimum absolute atomic E-state index is 0.112. The van der Waals surface area contributed by atoms with Crippen molar-refractivity contribution >= 4 is 39.6 Å². The smallest absolute Gasteiger partial charge is 0.262 e. The van der Waals surface area contributed by atoms with E-state index in [9.17, 15) is 23.6 Å². The largest absolute Gasteiger partial charge is 0.353 e. The predicted molar refractivity (Wildman–Crippen MR) is 101 cm³/mol. The molecule has 0 saturated heterocycles. The van der Waals surface area contributed by atoms with Gasteiger partial charge in [0.2, 0.25) is 5.91 Å². The third-order valence-corrected chi connectivity index (χ3v) is 4.57. The maximum atomic E-state index is 12.8. The Bertz CT molecular complexity index is 962. The molecule has 1 aliphatic rings. The summed E-state index contributed by atoms with van der Waals surface area (Å²) in [7, 11) is 0. The highest BCUT2D eigenvalue weighted by Gasteiger charge is 2.36. The van der Waals surface area contributed by atoms with Gasteiger partial charge in [-0.15, -0.1) is 0 Å².